The van der Waals surface area contributed by atoms with Crippen LogP contribution in [0.25, 0.3) is 10.6 Å². The molecular weight excluding hydrogens is 314 g/mol. The van der Waals surface area contributed by atoms with Gasteiger partial charge in [-0.2, -0.15) is 5.10 Å². The SMILES string of the molecule is Cn1cc(-c2nc(C(=O)NCc3nnc4n3CCC4)cs2)cn1. The van der Waals surface area contributed by atoms with Crippen LogP contribution in [0.15, 0.2) is 17.8 Å². The summed E-state index contributed by atoms with van der Waals surface area (Å²) in [7, 11) is 1.85. The number of aryl methyl sites for hydroxylation is 2. The molecule has 9 heteroatoms. The van der Waals surface area contributed by atoms with Crippen LogP contribution in [0.2, 0.25) is 0 Å². The summed E-state index contributed by atoms with van der Waals surface area (Å²) in [6.07, 6.45) is 5.66. The molecule has 4 heterocycles. The van der Waals surface area contributed by atoms with Crippen molar-refractivity contribution in [2.45, 2.75) is 25.9 Å². The van der Waals surface area contributed by atoms with Crippen molar-refractivity contribution in [3.63, 3.8) is 0 Å². The third kappa shape index (κ3) is 2.63. The summed E-state index contributed by atoms with van der Waals surface area (Å²) in [5.74, 6) is 1.60. The molecule has 1 amide bonds. The Bertz CT molecular complexity index is 862. The third-order valence-corrected chi connectivity index (χ3v) is 4.67. The number of nitrogens with zero attached hydrogens (tertiary/aromatic N) is 6. The Morgan fingerprint density at radius 3 is 3.17 bits per heavy atom. The zero-order valence-corrected chi connectivity index (χ0v) is 13.4. The Kier molecular flexibility index (Phi) is 3.41. The Morgan fingerprint density at radius 1 is 1.43 bits per heavy atom. The highest BCUT2D eigenvalue weighted by Gasteiger charge is 2.18. The second-order valence-electron chi connectivity index (χ2n) is 5.41. The highest BCUT2D eigenvalue weighted by molar-refractivity contribution is 7.13. The van der Waals surface area contributed by atoms with Crippen molar-refractivity contribution in [1.29, 1.82) is 0 Å². The van der Waals surface area contributed by atoms with Crippen LogP contribution >= 0.6 is 11.3 Å². The molecule has 1 aliphatic heterocycles. The second kappa shape index (κ2) is 5.58. The fraction of sp³-hybridized carbons (Fsp3) is 0.357. The second-order valence-corrected chi connectivity index (χ2v) is 6.27. The maximum atomic E-state index is 12.2. The van der Waals surface area contributed by atoms with Gasteiger partial charge in [0.25, 0.3) is 5.91 Å². The van der Waals surface area contributed by atoms with Crippen LogP contribution in [-0.2, 0) is 26.6 Å². The van der Waals surface area contributed by atoms with Crippen LogP contribution in [0, 0.1) is 0 Å². The molecule has 118 valence electrons. The normalized spacial score (nSPS) is 13.3. The minimum absolute atomic E-state index is 0.202. The summed E-state index contributed by atoms with van der Waals surface area (Å²) in [6.45, 7) is 1.29. The number of hydrogen-bond donors (Lipinski definition) is 1. The van der Waals surface area contributed by atoms with Crippen molar-refractivity contribution in [2.24, 2.45) is 7.05 Å². The van der Waals surface area contributed by atoms with Crippen molar-refractivity contribution < 1.29 is 4.79 Å². The first-order chi connectivity index (χ1) is 11.2. The van der Waals surface area contributed by atoms with Crippen molar-refractivity contribution in [3.8, 4) is 10.6 Å². The number of fused-ring (bicyclic) bond motifs is 1. The van der Waals surface area contributed by atoms with E-state index in [1.54, 1.807) is 16.3 Å². The van der Waals surface area contributed by atoms with E-state index in [4.69, 9.17) is 0 Å². The number of carbonyl (C=O) groups excluding carboxylic acids is 1. The van der Waals surface area contributed by atoms with Crippen LogP contribution in [0.4, 0.5) is 0 Å². The number of nitrogens with one attached hydrogen (secondary N) is 1. The molecule has 23 heavy (non-hydrogen) atoms. The first-order valence-corrected chi connectivity index (χ1v) is 8.22. The topological polar surface area (TPSA) is 90.5 Å². The maximum Gasteiger partial charge on any atom is 0.271 e. The van der Waals surface area contributed by atoms with E-state index in [-0.39, 0.29) is 5.91 Å². The molecular formula is C14H15N7OS. The van der Waals surface area contributed by atoms with Gasteiger partial charge in [0, 0.05) is 37.2 Å². The summed E-state index contributed by atoms with van der Waals surface area (Å²) in [6, 6.07) is 0. The number of thiazole rings is 1. The lowest BCUT2D eigenvalue weighted by atomic mass is 10.4. The van der Waals surface area contributed by atoms with Crippen LogP contribution < -0.4 is 5.32 Å². The lowest BCUT2D eigenvalue weighted by molar-refractivity contribution is 0.0945. The monoisotopic (exact) mass is 329 g/mol. The molecule has 0 fully saturated rings. The Morgan fingerprint density at radius 2 is 2.35 bits per heavy atom. The van der Waals surface area contributed by atoms with Crippen molar-refractivity contribution in [2.75, 3.05) is 0 Å². The molecule has 0 saturated carbocycles. The average molecular weight is 329 g/mol. The van der Waals surface area contributed by atoms with E-state index in [0.717, 1.165) is 41.6 Å². The minimum atomic E-state index is -0.202. The van der Waals surface area contributed by atoms with Gasteiger partial charge in [0.2, 0.25) is 0 Å². The molecule has 4 rings (SSSR count). The predicted octanol–water partition coefficient (Wildman–Crippen LogP) is 1.01. The summed E-state index contributed by atoms with van der Waals surface area (Å²) < 4.78 is 3.78. The Balaban J connectivity index is 1.44. The number of carbonyl (C=O) groups is 1. The van der Waals surface area contributed by atoms with Crippen molar-refractivity contribution >= 4 is 17.2 Å². The van der Waals surface area contributed by atoms with E-state index in [2.05, 4.69) is 30.2 Å². The molecule has 0 aliphatic carbocycles. The number of rotatable bonds is 4. The van der Waals surface area contributed by atoms with Crippen LogP contribution in [0.1, 0.15) is 28.6 Å². The molecule has 0 bridgehead atoms. The predicted molar refractivity (Wildman–Crippen MR) is 83.8 cm³/mol. The van der Waals surface area contributed by atoms with Gasteiger partial charge in [-0.3, -0.25) is 9.48 Å². The molecule has 0 atom stereocenters. The summed E-state index contributed by atoms with van der Waals surface area (Å²) in [4.78, 5) is 16.6. The highest BCUT2D eigenvalue weighted by atomic mass is 32.1. The van der Waals surface area contributed by atoms with Gasteiger partial charge in [-0.15, -0.1) is 21.5 Å². The lowest BCUT2D eigenvalue weighted by Gasteiger charge is -2.04. The largest absolute Gasteiger partial charge is 0.343 e. The standard InChI is InChI=1S/C14H15N7OS/c1-20-7-9(5-16-20)14-17-10(8-23-14)13(22)15-6-12-19-18-11-3-2-4-21(11)12/h5,7-8H,2-4,6H2,1H3,(H,15,22). The summed E-state index contributed by atoms with van der Waals surface area (Å²) in [5.41, 5.74) is 1.32. The van der Waals surface area contributed by atoms with E-state index in [1.807, 2.05) is 13.2 Å². The number of hydrogen-bond acceptors (Lipinski definition) is 6. The molecule has 0 radical (unpaired) electrons. The van der Waals surface area contributed by atoms with Gasteiger partial charge in [-0.1, -0.05) is 0 Å². The lowest BCUT2D eigenvalue weighted by Crippen LogP contribution is -2.25. The molecule has 1 N–H and O–H groups in total. The summed E-state index contributed by atoms with van der Waals surface area (Å²) in [5, 5.41) is 17.8. The fourth-order valence-electron chi connectivity index (χ4n) is 2.63. The molecule has 0 unspecified atom stereocenters. The van der Waals surface area contributed by atoms with Crippen LogP contribution in [0.3, 0.4) is 0 Å². The highest BCUT2D eigenvalue weighted by Crippen LogP contribution is 2.23. The number of amides is 1. The van der Waals surface area contributed by atoms with Crippen molar-refractivity contribution in [3.05, 3.63) is 35.1 Å². The van der Waals surface area contributed by atoms with Crippen LogP contribution in [0.5, 0.6) is 0 Å². The van der Waals surface area contributed by atoms with Gasteiger partial charge in [0.1, 0.15) is 16.5 Å². The molecule has 1 aliphatic rings. The Hall–Kier alpha value is -2.55. The van der Waals surface area contributed by atoms with E-state index >= 15 is 0 Å². The zero-order valence-electron chi connectivity index (χ0n) is 12.6. The van der Waals surface area contributed by atoms with Crippen molar-refractivity contribution in [1.82, 2.24) is 34.8 Å². The first kappa shape index (κ1) is 14.1. The van der Waals surface area contributed by atoms with E-state index in [1.165, 1.54) is 11.3 Å². The molecule has 3 aromatic heterocycles. The molecule has 3 aromatic rings. The van der Waals surface area contributed by atoms with E-state index in [9.17, 15) is 4.79 Å². The van der Waals surface area contributed by atoms with Gasteiger partial charge in [-0.05, 0) is 6.42 Å². The van der Waals surface area contributed by atoms with Crippen LogP contribution in [-0.4, -0.2) is 35.4 Å². The molecule has 0 spiro atoms. The fourth-order valence-corrected chi connectivity index (χ4v) is 3.41. The van der Waals surface area contributed by atoms with Gasteiger partial charge in [0.05, 0.1) is 12.7 Å². The van der Waals surface area contributed by atoms with E-state index in [0.29, 0.717) is 12.2 Å². The maximum absolute atomic E-state index is 12.2. The van der Waals surface area contributed by atoms with Gasteiger partial charge < -0.3 is 9.88 Å². The van der Waals surface area contributed by atoms with Gasteiger partial charge in [0.15, 0.2) is 5.82 Å². The quantitative estimate of drug-likeness (QED) is 0.771. The number of aromatic nitrogens is 6. The first-order valence-electron chi connectivity index (χ1n) is 7.34. The van der Waals surface area contributed by atoms with E-state index < -0.39 is 0 Å². The summed E-state index contributed by atoms with van der Waals surface area (Å²) >= 11 is 1.43. The molecule has 8 nitrogen and oxygen atoms in total. The molecule has 0 saturated heterocycles. The minimum Gasteiger partial charge on any atom is -0.343 e. The Labute approximate surface area is 136 Å². The van der Waals surface area contributed by atoms with Gasteiger partial charge in [-0.25, -0.2) is 4.98 Å². The zero-order chi connectivity index (χ0) is 15.8. The molecule has 0 aromatic carbocycles. The average Bonchev–Trinajstić information content (AvgIpc) is 3.29. The third-order valence-electron chi connectivity index (χ3n) is 3.78. The smallest absolute Gasteiger partial charge is 0.271 e. The van der Waals surface area contributed by atoms with Gasteiger partial charge >= 0.3 is 0 Å².